The number of benzene rings is 2. The van der Waals surface area contributed by atoms with Crippen molar-refractivity contribution in [3.05, 3.63) is 70.8 Å². The molecule has 1 saturated heterocycles. The van der Waals surface area contributed by atoms with Gasteiger partial charge in [0.15, 0.2) is 0 Å². The number of alkyl halides is 3. The lowest BCUT2D eigenvalue weighted by Gasteiger charge is -2.35. The van der Waals surface area contributed by atoms with Crippen LogP contribution in [0.4, 0.5) is 13.2 Å². The molecule has 0 atom stereocenters. The number of halogens is 3. The highest BCUT2D eigenvalue weighted by Crippen LogP contribution is 2.29. The third kappa shape index (κ3) is 4.43. The fourth-order valence-electron chi connectivity index (χ4n) is 3.19. The fraction of sp³-hybridized carbons (Fsp3) is 0.350. The van der Waals surface area contributed by atoms with Gasteiger partial charge in [-0.3, -0.25) is 9.69 Å². The molecule has 0 aromatic heterocycles. The molecular weight excluding hydrogens is 341 g/mol. The van der Waals surface area contributed by atoms with Crippen molar-refractivity contribution >= 4 is 5.91 Å². The lowest BCUT2D eigenvalue weighted by Crippen LogP contribution is -2.48. The first-order valence-electron chi connectivity index (χ1n) is 8.57. The van der Waals surface area contributed by atoms with E-state index < -0.39 is 11.7 Å². The minimum atomic E-state index is -4.44. The fourth-order valence-corrected chi connectivity index (χ4v) is 3.19. The van der Waals surface area contributed by atoms with Crippen LogP contribution in [0.1, 0.15) is 27.0 Å². The number of hydrogen-bond donors (Lipinski definition) is 0. The summed E-state index contributed by atoms with van der Waals surface area (Å²) in [6, 6.07) is 12.9. The molecule has 1 heterocycles. The van der Waals surface area contributed by atoms with Crippen LogP contribution in [0.3, 0.4) is 0 Å². The lowest BCUT2D eigenvalue weighted by atomic mass is 10.1. The van der Waals surface area contributed by atoms with Crippen LogP contribution in [0.5, 0.6) is 0 Å². The minimum absolute atomic E-state index is 0.0898. The van der Waals surface area contributed by atoms with Crippen LogP contribution in [0.2, 0.25) is 0 Å². The number of carbonyl (C=O) groups is 1. The lowest BCUT2D eigenvalue weighted by molar-refractivity contribution is -0.137. The largest absolute Gasteiger partial charge is 0.416 e. The molecule has 2 aromatic rings. The maximum atomic E-state index is 12.8. The molecule has 2 aromatic carbocycles. The van der Waals surface area contributed by atoms with Crippen LogP contribution >= 0.6 is 0 Å². The van der Waals surface area contributed by atoms with E-state index in [4.69, 9.17) is 0 Å². The van der Waals surface area contributed by atoms with E-state index in [-0.39, 0.29) is 11.5 Å². The summed E-state index contributed by atoms with van der Waals surface area (Å²) in [5.74, 6) is -0.341. The van der Waals surface area contributed by atoms with Gasteiger partial charge >= 0.3 is 6.18 Å². The summed E-state index contributed by atoms with van der Waals surface area (Å²) in [6.45, 7) is 5.31. The van der Waals surface area contributed by atoms with Gasteiger partial charge in [0, 0.05) is 38.3 Å². The number of hydrogen-bond acceptors (Lipinski definition) is 2. The monoisotopic (exact) mass is 362 g/mol. The second kappa shape index (κ2) is 7.50. The Balaban J connectivity index is 1.60. The van der Waals surface area contributed by atoms with Crippen LogP contribution in [0.25, 0.3) is 0 Å². The normalized spacial score (nSPS) is 15.9. The number of piperazine rings is 1. The topological polar surface area (TPSA) is 23.6 Å². The summed E-state index contributed by atoms with van der Waals surface area (Å²) in [5, 5.41) is 0. The molecule has 138 valence electrons. The van der Waals surface area contributed by atoms with Crippen molar-refractivity contribution in [3.63, 3.8) is 0 Å². The van der Waals surface area contributed by atoms with Gasteiger partial charge in [-0.05, 0) is 30.7 Å². The second-order valence-corrected chi connectivity index (χ2v) is 6.64. The van der Waals surface area contributed by atoms with Gasteiger partial charge in [0.25, 0.3) is 5.91 Å². The minimum Gasteiger partial charge on any atom is -0.336 e. The van der Waals surface area contributed by atoms with Gasteiger partial charge in [-0.2, -0.15) is 13.2 Å². The molecule has 0 spiro atoms. The molecule has 0 aliphatic carbocycles. The Labute approximate surface area is 151 Å². The highest BCUT2D eigenvalue weighted by molar-refractivity contribution is 5.94. The van der Waals surface area contributed by atoms with Gasteiger partial charge in [0.1, 0.15) is 0 Å². The van der Waals surface area contributed by atoms with E-state index >= 15 is 0 Å². The van der Waals surface area contributed by atoms with E-state index in [0.29, 0.717) is 26.2 Å². The molecule has 1 aliphatic rings. The van der Waals surface area contributed by atoms with Crippen LogP contribution in [-0.4, -0.2) is 41.9 Å². The van der Waals surface area contributed by atoms with Crippen molar-refractivity contribution in [1.29, 1.82) is 0 Å². The second-order valence-electron chi connectivity index (χ2n) is 6.64. The summed E-state index contributed by atoms with van der Waals surface area (Å²) >= 11 is 0. The quantitative estimate of drug-likeness (QED) is 0.825. The first-order chi connectivity index (χ1) is 12.3. The number of aryl methyl sites for hydroxylation is 1. The molecule has 3 rings (SSSR count). The van der Waals surface area contributed by atoms with Gasteiger partial charge in [-0.25, -0.2) is 0 Å². The Kier molecular flexibility index (Phi) is 5.32. The molecule has 26 heavy (non-hydrogen) atoms. The van der Waals surface area contributed by atoms with Crippen molar-refractivity contribution in [2.45, 2.75) is 19.6 Å². The number of rotatable bonds is 3. The Bertz CT molecular complexity index is 781. The Hall–Kier alpha value is -2.34. The third-order valence-corrected chi connectivity index (χ3v) is 4.59. The van der Waals surface area contributed by atoms with Gasteiger partial charge in [-0.1, -0.05) is 35.9 Å². The number of nitrogens with zero attached hydrogens (tertiary/aromatic N) is 2. The summed E-state index contributed by atoms with van der Waals surface area (Å²) in [6.07, 6.45) is -4.44. The Morgan fingerprint density at radius 3 is 2.35 bits per heavy atom. The smallest absolute Gasteiger partial charge is 0.336 e. The molecule has 0 bridgehead atoms. The first kappa shape index (κ1) is 18.5. The maximum absolute atomic E-state index is 12.8. The Morgan fingerprint density at radius 2 is 1.69 bits per heavy atom. The third-order valence-electron chi connectivity index (χ3n) is 4.59. The molecule has 3 nitrogen and oxygen atoms in total. The van der Waals surface area contributed by atoms with Crippen molar-refractivity contribution in [2.24, 2.45) is 0 Å². The van der Waals surface area contributed by atoms with Crippen LogP contribution in [0.15, 0.2) is 48.5 Å². The van der Waals surface area contributed by atoms with Crippen molar-refractivity contribution in [2.75, 3.05) is 26.2 Å². The van der Waals surface area contributed by atoms with E-state index in [2.05, 4.69) is 30.0 Å². The van der Waals surface area contributed by atoms with Crippen LogP contribution in [0, 0.1) is 6.92 Å². The summed E-state index contributed by atoms with van der Waals surface area (Å²) in [7, 11) is 0. The molecule has 6 heteroatoms. The zero-order valence-corrected chi connectivity index (χ0v) is 14.6. The predicted molar refractivity (Wildman–Crippen MR) is 93.8 cm³/mol. The van der Waals surface area contributed by atoms with E-state index in [1.54, 1.807) is 4.90 Å². The van der Waals surface area contributed by atoms with Crippen molar-refractivity contribution in [3.8, 4) is 0 Å². The SMILES string of the molecule is Cc1cccc(CN2CCN(C(=O)c3cccc(C(F)(F)F)c3)CC2)c1. The van der Waals surface area contributed by atoms with E-state index in [1.165, 1.54) is 23.3 Å². The Morgan fingerprint density at radius 1 is 1.00 bits per heavy atom. The molecule has 1 fully saturated rings. The highest BCUT2D eigenvalue weighted by atomic mass is 19.4. The molecular formula is C20H21F3N2O. The molecule has 0 radical (unpaired) electrons. The summed E-state index contributed by atoms with van der Waals surface area (Å²) < 4.78 is 38.5. The predicted octanol–water partition coefficient (Wildman–Crippen LogP) is 3.97. The first-order valence-corrected chi connectivity index (χ1v) is 8.57. The van der Waals surface area contributed by atoms with Gasteiger partial charge < -0.3 is 4.90 Å². The summed E-state index contributed by atoms with van der Waals surface area (Å²) in [4.78, 5) is 16.4. The summed E-state index contributed by atoms with van der Waals surface area (Å²) in [5.41, 5.74) is 1.73. The van der Waals surface area contributed by atoms with E-state index in [9.17, 15) is 18.0 Å². The standard InChI is InChI=1S/C20H21F3N2O/c1-15-4-2-5-16(12-15)14-24-8-10-25(11-9-24)19(26)17-6-3-7-18(13-17)20(21,22)23/h2-7,12-13H,8-11,14H2,1H3. The van der Waals surface area contributed by atoms with Crippen molar-refractivity contribution in [1.82, 2.24) is 9.80 Å². The van der Waals surface area contributed by atoms with Crippen LogP contribution < -0.4 is 0 Å². The maximum Gasteiger partial charge on any atom is 0.416 e. The molecule has 1 aliphatic heterocycles. The number of carbonyl (C=O) groups excluding carboxylic acids is 1. The van der Waals surface area contributed by atoms with Crippen LogP contribution in [-0.2, 0) is 12.7 Å². The number of amides is 1. The average Bonchev–Trinajstić information content (AvgIpc) is 2.61. The van der Waals surface area contributed by atoms with Gasteiger partial charge in [-0.15, -0.1) is 0 Å². The molecule has 0 saturated carbocycles. The van der Waals surface area contributed by atoms with E-state index in [0.717, 1.165) is 18.7 Å². The highest BCUT2D eigenvalue weighted by Gasteiger charge is 2.31. The van der Waals surface area contributed by atoms with E-state index in [1.807, 2.05) is 6.07 Å². The molecule has 1 amide bonds. The van der Waals surface area contributed by atoms with Gasteiger partial charge in [0.05, 0.1) is 5.56 Å². The zero-order valence-electron chi connectivity index (χ0n) is 14.6. The van der Waals surface area contributed by atoms with Gasteiger partial charge in [0.2, 0.25) is 0 Å². The van der Waals surface area contributed by atoms with Crippen molar-refractivity contribution < 1.29 is 18.0 Å². The molecule has 0 N–H and O–H groups in total. The molecule has 0 unspecified atom stereocenters. The zero-order chi connectivity index (χ0) is 18.7. The average molecular weight is 362 g/mol.